The van der Waals surface area contributed by atoms with Crippen molar-refractivity contribution in [3.63, 3.8) is 0 Å². The van der Waals surface area contributed by atoms with Gasteiger partial charge in [-0.05, 0) is 25.1 Å². The molecule has 0 atom stereocenters. The van der Waals surface area contributed by atoms with Gasteiger partial charge in [0, 0.05) is 10.6 Å². The van der Waals surface area contributed by atoms with Gasteiger partial charge in [-0.15, -0.1) is 0 Å². The number of phenolic OH excluding ortho intramolecular Hbond substituents is 1. The molecule has 1 aromatic rings. The smallest absolute Gasteiger partial charge is 0.126 e. The van der Waals surface area contributed by atoms with E-state index in [9.17, 15) is 5.11 Å². The van der Waals surface area contributed by atoms with Gasteiger partial charge in [-0.1, -0.05) is 16.8 Å². The van der Waals surface area contributed by atoms with Gasteiger partial charge in [0.2, 0.25) is 0 Å². The highest BCUT2D eigenvalue weighted by Crippen LogP contribution is 2.22. The second-order valence-electron chi connectivity index (χ2n) is 2.35. The zero-order chi connectivity index (χ0) is 9.14. The largest absolute Gasteiger partial charge is 0.507 e. The second-order valence-corrected chi connectivity index (χ2v) is 2.78. The number of phenols is 1. The molecule has 64 valence electrons. The Hall–Kier alpha value is -1.22. The number of aromatic hydroxyl groups is 1. The molecular formula is C8H8ClNO2. The maximum Gasteiger partial charge on any atom is 0.126 e. The van der Waals surface area contributed by atoms with E-state index in [2.05, 4.69) is 5.16 Å². The maximum atomic E-state index is 9.32. The summed E-state index contributed by atoms with van der Waals surface area (Å²) in [6.45, 7) is 1.59. The fourth-order valence-electron chi connectivity index (χ4n) is 0.865. The number of rotatable bonds is 1. The van der Waals surface area contributed by atoms with Crippen molar-refractivity contribution in [3.05, 3.63) is 28.8 Å². The molecule has 0 aromatic heterocycles. The van der Waals surface area contributed by atoms with Gasteiger partial charge in [0.25, 0.3) is 0 Å². The molecule has 0 amide bonds. The highest BCUT2D eigenvalue weighted by atomic mass is 35.5. The molecular weight excluding hydrogens is 178 g/mol. The van der Waals surface area contributed by atoms with E-state index >= 15 is 0 Å². The van der Waals surface area contributed by atoms with E-state index in [-0.39, 0.29) is 5.75 Å². The number of hydrogen-bond donors (Lipinski definition) is 2. The molecule has 0 aliphatic rings. The van der Waals surface area contributed by atoms with Gasteiger partial charge in [0.15, 0.2) is 0 Å². The third-order valence-corrected chi connectivity index (χ3v) is 1.73. The van der Waals surface area contributed by atoms with E-state index in [4.69, 9.17) is 16.8 Å². The maximum absolute atomic E-state index is 9.32. The summed E-state index contributed by atoms with van der Waals surface area (Å²) in [5.41, 5.74) is 0.825. The average molecular weight is 186 g/mol. The van der Waals surface area contributed by atoms with Gasteiger partial charge in [0.05, 0.1) is 5.71 Å². The molecule has 0 unspecified atom stereocenters. The van der Waals surface area contributed by atoms with Crippen molar-refractivity contribution in [1.82, 2.24) is 0 Å². The molecule has 0 saturated carbocycles. The predicted octanol–water partition coefficient (Wildman–Crippen LogP) is 2.24. The summed E-state index contributed by atoms with van der Waals surface area (Å²) >= 11 is 5.60. The van der Waals surface area contributed by atoms with Gasteiger partial charge in [0.1, 0.15) is 5.75 Å². The minimum Gasteiger partial charge on any atom is -0.507 e. The fraction of sp³-hybridized carbons (Fsp3) is 0.125. The molecule has 0 aliphatic carbocycles. The number of hydrogen-bond acceptors (Lipinski definition) is 3. The van der Waals surface area contributed by atoms with Gasteiger partial charge >= 0.3 is 0 Å². The van der Waals surface area contributed by atoms with Gasteiger partial charge in [-0.25, -0.2) is 0 Å². The fourth-order valence-corrected chi connectivity index (χ4v) is 1.03. The molecule has 1 aromatic carbocycles. The van der Waals surface area contributed by atoms with Gasteiger partial charge in [-0.2, -0.15) is 0 Å². The Morgan fingerprint density at radius 2 is 2.17 bits per heavy atom. The molecule has 0 heterocycles. The van der Waals surface area contributed by atoms with E-state index in [1.165, 1.54) is 6.07 Å². The summed E-state index contributed by atoms with van der Waals surface area (Å²) in [7, 11) is 0. The zero-order valence-corrected chi connectivity index (χ0v) is 7.21. The van der Waals surface area contributed by atoms with E-state index < -0.39 is 0 Å². The van der Waals surface area contributed by atoms with E-state index in [0.717, 1.165) is 0 Å². The minimum absolute atomic E-state index is 0.0119. The summed E-state index contributed by atoms with van der Waals surface area (Å²) in [5, 5.41) is 21.2. The molecule has 2 N–H and O–H groups in total. The average Bonchev–Trinajstić information content (AvgIpc) is 2.03. The first kappa shape index (κ1) is 8.87. The van der Waals surface area contributed by atoms with Crippen LogP contribution in [0.5, 0.6) is 5.75 Å². The molecule has 12 heavy (non-hydrogen) atoms. The van der Waals surface area contributed by atoms with Gasteiger partial charge < -0.3 is 10.3 Å². The lowest BCUT2D eigenvalue weighted by atomic mass is 10.1. The molecule has 0 spiro atoms. The normalized spacial score (nSPS) is 11.7. The first-order chi connectivity index (χ1) is 5.65. The first-order valence-electron chi connectivity index (χ1n) is 3.32. The molecule has 3 nitrogen and oxygen atoms in total. The Bertz CT molecular complexity index is 323. The SMILES string of the molecule is CC(=NO)c1ccc(Cl)cc1O. The van der Waals surface area contributed by atoms with Crippen LogP contribution in [0, 0.1) is 0 Å². The van der Waals surface area contributed by atoms with Crippen molar-refractivity contribution < 1.29 is 10.3 Å². The van der Waals surface area contributed by atoms with Crippen molar-refractivity contribution >= 4 is 17.3 Å². The molecule has 4 heteroatoms. The molecule has 0 aliphatic heterocycles. The van der Waals surface area contributed by atoms with Gasteiger partial charge in [-0.3, -0.25) is 0 Å². The standard InChI is InChI=1S/C8H8ClNO2/c1-5(10-12)7-3-2-6(9)4-8(7)11/h2-4,11-12H,1H3. The third-order valence-electron chi connectivity index (χ3n) is 1.50. The first-order valence-corrected chi connectivity index (χ1v) is 3.70. The molecule has 0 bridgehead atoms. The van der Waals surface area contributed by atoms with Crippen LogP contribution in [0.2, 0.25) is 5.02 Å². The van der Waals surface area contributed by atoms with Crippen LogP contribution in [0.25, 0.3) is 0 Å². The predicted molar refractivity (Wildman–Crippen MR) is 47.1 cm³/mol. The van der Waals surface area contributed by atoms with Crippen LogP contribution >= 0.6 is 11.6 Å². The van der Waals surface area contributed by atoms with Crippen molar-refractivity contribution in [1.29, 1.82) is 0 Å². The minimum atomic E-state index is 0.0119. The molecule has 0 saturated heterocycles. The van der Waals surface area contributed by atoms with Crippen LogP contribution < -0.4 is 0 Å². The molecule has 0 radical (unpaired) electrons. The van der Waals surface area contributed by atoms with E-state index in [0.29, 0.717) is 16.3 Å². The highest BCUT2D eigenvalue weighted by molar-refractivity contribution is 6.30. The van der Waals surface area contributed by atoms with Crippen LogP contribution in [0.1, 0.15) is 12.5 Å². The van der Waals surface area contributed by atoms with E-state index in [1.54, 1.807) is 19.1 Å². The zero-order valence-electron chi connectivity index (χ0n) is 6.45. The second kappa shape index (κ2) is 3.45. The lowest BCUT2D eigenvalue weighted by molar-refractivity contribution is 0.318. The topological polar surface area (TPSA) is 52.8 Å². The summed E-state index contributed by atoms with van der Waals surface area (Å²) in [6, 6.07) is 4.60. The summed E-state index contributed by atoms with van der Waals surface area (Å²) in [4.78, 5) is 0. The number of halogens is 1. The Kier molecular flexibility index (Phi) is 2.55. The lowest BCUT2D eigenvalue weighted by Gasteiger charge is -2.01. The van der Waals surface area contributed by atoms with Crippen LogP contribution in [-0.4, -0.2) is 16.0 Å². The van der Waals surface area contributed by atoms with Crippen molar-refractivity contribution in [2.24, 2.45) is 5.16 Å². The number of benzene rings is 1. The highest BCUT2D eigenvalue weighted by Gasteiger charge is 2.04. The summed E-state index contributed by atoms with van der Waals surface area (Å²) in [6.07, 6.45) is 0. The Balaban J connectivity index is 3.18. The Labute approximate surface area is 74.9 Å². The monoisotopic (exact) mass is 185 g/mol. The lowest BCUT2D eigenvalue weighted by Crippen LogP contribution is -1.94. The van der Waals surface area contributed by atoms with Crippen molar-refractivity contribution in [2.45, 2.75) is 6.92 Å². The molecule has 1 rings (SSSR count). The van der Waals surface area contributed by atoms with Crippen LogP contribution in [0.4, 0.5) is 0 Å². The summed E-state index contributed by atoms with van der Waals surface area (Å²) < 4.78 is 0. The van der Waals surface area contributed by atoms with Crippen LogP contribution in [-0.2, 0) is 0 Å². The molecule has 0 fully saturated rings. The van der Waals surface area contributed by atoms with Crippen LogP contribution in [0.15, 0.2) is 23.4 Å². The Morgan fingerprint density at radius 1 is 1.50 bits per heavy atom. The third kappa shape index (κ3) is 1.68. The van der Waals surface area contributed by atoms with Crippen LogP contribution in [0.3, 0.4) is 0 Å². The summed E-state index contributed by atoms with van der Waals surface area (Å²) in [5.74, 6) is 0.0119. The Morgan fingerprint density at radius 3 is 2.67 bits per heavy atom. The number of nitrogens with zero attached hydrogens (tertiary/aromatic N) is 1. The van der Waals surface area contributed by atoms with Crippen molar-refractivity contribution in [3.8, 4) is 5.75 Å². The quantitative estimate of drug-likeness (QED) is 0.401. The van der Waals surface area contributed by atoms with Crippen molar-refractivity contribution in [2.75, 3.05) is 0 Å². The van der Waals surface area contributed by atoms with E-state index in [1.807, 2.05) is 0 Å². The number of oxime groups is 1.